The highest BCUT2D eigenvalue weighted by Crippen LogP contribution is 2.40. The van der Waals surface area contributed by atoms with Crippen LogP contribution in [0.25, 0.3) is 11.4 Å². The van der Waals surface area contributed by atoms with Crippen LogP contribution in [0.3, 0.4) is 0 Å². The van der Waals surface area contributed by atoms with Gasteiger partial charge in [-0.25, -0.2) is 14.0 Å². The zero-order chi connectivity index (χ0) is 35.9. The number of ether oxygens (including phenoxy) is 2. The molecular formula is C33H51BFN7O6. The molecule has 0 bridgehead atoms. The lowest BCUT2D eigenvalue weighted by molar-refractivity contribution is -0.156. The Morgan fingerprint density at radius 1 is 1.21 bits per heavy atom. The van der Waals surface area contributed by atoms with Crippen LogP contribution in [0, 0.1) is 11.8 Å². The first kappa shape index (κ1) is 39.0. The number of aryl methyl sites for hydroxylation is 1. The summed E-state index contributed by atoms with van der Waals surface area (Å²) in [6.07, 6.45) is 5.37. The van der Waals surface area contributed by atoms with Crippen LogP contribution in [0.1, 0.15) is 80.6 Å². The highest BCUT2D eigenvalue weighted by atomic mass is 19.1. The molecule has 1 aliphatic heterocycles. The molecule has 2 N–H and O–H groups in total. The third-order valence-electron chi connectivity index (χ3n) is 10.1. The van der Waals surface area contributed by atoms with Crippen molar-refractivity contribution in [2.45, 2.75) is 122 Å². The standard InChI is InChI=1S/C33H51BFN7O6/c1-9-22(3)33(7)28(23(4)36-19-21(2)18-31(5,47-8)26(34)17-27(43)32(6,35)29(44)45)42(30(46)48-33)16-11-10-15-41-20-25(39-40-41)24-13-12-14-37-38-24/h12-14,20-23,26,28,36H,9-11,15-19H2,1-8H3,(H,44,45)/t21-,22-,23-,26-,28-,31-,32+,33-/m1/s1. The Hall–Kier alpha value is -3.46. The molecule has 48 heavy (non-hydrogen) atoms. The third kappa shape index (κ3) is 8.96. The Morgan fingerprint density at radius 2 is 1.90 bits per heavy atom. The predicted molar refractivity (Wildman–Crippen MR) is 178 cm³/mol. The number of halogens is 1. The summed E-state index contributed by atoms with van der Waals surface area (Å²) >= 11 is 0. The third-order valence-corrected chi connectivity index (χ3v) is 10.1. The van der Waals surface area contributed by atoms with Gasteiger partial charge in [0.1, 0.15) is 17.0 Å². The van der Waals surface area contributed by atoms with Crippen LogP contribution in [-0.4, -0.2) is 110 Å². The first-order valence-corrected chi connectivity index (χ1v) is 16.7. The lowest BCUT2D eigenvalue weighted by Crippen LogP contribution is -2.58. The second kappa shape index (κ2) is 16.3. The zero-order valence-corrected chi connectivity index (χ0v) is 29.5. The van der Waals surface area contributed by atoms with Gasteiger partial charge in [-0.3, -0.25) is 14.4 Å². The lowest BCUT2D eigenvalue weighted by Gasteiger charge is -2.41. The fourth-order valence-corrected chi connectivity index (χ4v) is 6.42. The number of nitrogens with one attached hydrogen (secondary N) is 1. The van der Waals surface area contributed by atoms with Gasteiger partial charge in [-0.05, 0) is 89.7 Å². The van der Waals surface area contributed by atoms with E-state index in [9.17, 15) is 18.8 Å². The minimum absolute atomic E-state index is 0.00875. The number of aromatic nitrogens is 5. The number of nitrogens with zero attached hydrogens (tertiary/aromatic N) is 6. The number of carboxylic acids is 1. The van der Waals surface area contributed by atoms with Gasteiger partial charge in [0.2, 0.25) is 0 Å². The molecule has 8 atom stereocenters. The number of aliphatic carboxylic acids is 1. The van der Waals surface area contributed by atoms with E-state index in [0.29, 0.717) is 37.4 Å². The van der Waals surface area contributed by atoms with Crippen LogP contribution in [0.5, 0.6) is 0 Å². The van der Waals surface area contributed by atoms with Gasteiger partial charge in [0.25, 0.3) is 5.67 Å². The van der Waals surface area contributed by atoms with Crippen molar-refractivity contribution < 1.29 is 33.4 Å². The van der Waals surface area contributed by atoms with E-state index < -0.39 is 40.9 Å². The number of alkyl halides is 1. The molecule has 1 fully saturated rings. The monoisotopic (exact) mass is 671 g/mol. The Morgan fingerprint density at radius 3 is 2.50 bits per heavy atom. The first-order valence-electron chi connectivity index (χ1n) is 16.7. The Labute approximate surface area is 284 Å². The molecule has 3 heterocycles. The number of rotatable bonds is 20. The first-order chi connectivity index (χ1) is 22.5. The maximum absolute atomic E-state index is 14.4. The fraction of sp³-hybridized carbons (Fsp3) is 0.727. The summed E-state index contributed by atoms with van der Waals surface area (Å²) in [5.41, 5.74) is -3.46. The fourth-order valence-electron chi connectivity index (χ4n) is 6.42. The molecule has 13 nitrogen and oxygen atoms in total. The number of unbranched alkanes of at least 4 members (excludes halogenated alkanes) is 1. The van der Waals surface area contributed by atoms with Crippen molar-refractivity contribution in [1.82, 2.24) is 35.4 Å². The average molecular weight is 672 g/mol. The van der Waals surface area contributed by atoms with Crippen LogP contribution in [0.4, 0.5) is 9.18 Å². The lowest BCUT2D eigenvalue weighted by atomic mass is 9.67. The summed E-state index contributed by atoms with van der Waals surface area (Å²) in [6.45, 7) is 14.4. The molecule has 3 rings (SSSR count). The highest BCUT2D eigenvalue weighted by molar-refractivity contribution is 6.16. The molecule has 264 valence electrons. The van der Waals surface area contributed by atoms with Crippen LogP contribution < -0.4 is 5.32 Å². The molecule has 0 unspecified atom stereocenters. The molecule has 0 aromatic carbocycles. The summed E-state index contributed by atoms with van der Waals surface area (Å²) in [5, 5.41) is 29.0. The van der Waals surface area contributed by atoms with Crippen molar-refractivity contribution >= 4 is 25.7 Å². The number of ketones is 1. The van der Waals surface area contributed by atoms with E-state index in [1.165, 1.54) is 7.11 Å². The van der Waals surface area contributed by atoms with E-state index in [1.807, 2.05) is 37.9 Å². The van der Waals surface area contributed by atoms with Crippen molar-refractivity contribution in [1.29, 1.82) is 0 Å². The van der Waals surface area contributed by atoms with E-state index >= 15 is 0 Å². The molecule has 1 saturated heterocycles. The van der Waals surface area contributed by atoms with E-state index in [-0.39, 0.29) is 30.0 Å². The molecule has 2 radical (unpaired) electrons. The van der Waals surface area contributed by atoms with Gasteiger partial charge in [0.15, 0.2) is 5.78 Å². The van der Waals surface area contributed by atoms with E-state index in [4.69, 9.17) is 22.4 Å². The molecular weight excluding hydrogens is 620 g/mol. The van der Waals surface area contributed by atoms with E-state index in [1.54, 1.807) is 23.9 Å². The van der Waals surface area contributed by atoms with Crippen LogP contribution >= 0.6 is 0 Å². The van der Waals surface area contributed by atoms with Crippen molar-refractivity contribution in [2.24, 2.45) is 11.8 Å². The highest BCUT2D eigenvalue weighted by Gasteiger charge is 2.55. The van der Waals surface area contributed by atoms with Gasteiger partial charge in [-0.1, -0.05) is 26.0 Å². The largest absolute Gasteiger partial charge is 0.479 e. The average Bonchev–Trinajstić information content (AvgIpc) is 3.63. The summed E-state index contributed by atoms with van der Waals surface area (Å²) in [6, 6.07) is 3.23. The Kier molecular flexibility index (Phi) is 13.2. The smallest absolute Gasteiger partial charge is 0.410 e. The SMILES string of the molecule is [B][C@H](CC(=O)[C@](C)(F)C(=O)O)[C@@](C)(C[C@@H](C)CN[C@H](C)[C@H]1N(CCCCn2cc(-c3cccnn3)nn2)C(=O)O[C@]1(C)[C@H](C)CC)OC. The minimum atomic E-state index is -3.03. The number of hydrogen-bond donors (Lipinski definition) is 2. The van der Waals surface area contributed by atoms with Gasteiger partial charge in [0, 0.05) is 38.9 Å². The molecule has 2 aromatic rings. The van der Waals surface area contributed by atoms with Gasteiger partial charge in [0.05, 0.1) is 25.7 Å². The minimum Gasteiger partial charge on any atom is -0.479 e. The predicted octanol–water partition coefficient (Wildman–Crippen LogP) is 4.28. The van der Waals surface area contributed by atoms with Gasteiger partial charge in [-0.2, -0.15) is 5.10 Å². The van der Waals surface area contributed by atoms with Crippen LogP contribution in [0.15, 0.2) is 24.5 Å². The molecule has 0 spiro atoms. The molecule has 0 aliphatic carbocycles. The number of amides is 1. The van der Waals surface area contributed by atoms with Crippen LogP contribution in [-0.2, 0) is 25.6 Å². The summed E-state index contributed by atoms with van der Waals surface area (Å²) in [4.78, 5) is 38.7. The Bertz CT molecular complexity index is 1380. The summed E-state index contributed by atoms with van der Waals surface area (Å²) in [5.74, 6) is -3.78. The van der Waals surface area contributed by atoms with E-state index in [0.717, 1.165) is 26.2 Å². The van der Waals surface area contributed by atoms with Crippen molar-refractivity contribution in [2.75, 3.05) is 20.2 Å². The molecule has 1 aliphatic rings. The quantitative estimate of drug-likeness (QED) is 0.117. The number of carboxylic acid groups (broad SMARTS) is 1. The Balaban J connectivity index is 1.62. The van der Waals surface area contributed by atoms with Gasteiger partial charge >= 0.3 is 12.1 Å². The number of methoxy groups -OCH3 is 1. The van der Waals surface area contributed by atoms with Crippen molar-refractivity contribution in [3.63, 3.8) is 0 Å². The number of carbonyl (C=O) groups is 3. The molecule has 1 amide bonds. The van der Waals surface area contributed by atoms with Gasteiger partial charge in [-0.15, -0.1) is 10.2 Å². The van der Waals surface area contributed by atoms with E-state index in [2.05, 4.69) is 39.7 Å². The topological polar surface area (TPSA) is 162 Å². The maximum atomic E-state index is 14.4. The van der Waals surface area contributed by atoms with Crippen molar-refractivity contribution in [3.8, 4) is 11.4 Å². The summed E-state index contributed by atoms with van der Waals surface area (Å²) < 4.78 is 28.0. The number of hydrogen-bond acceptors (Lipinski definition) is 10. The molecule has 0 saturated carbocycles. The molecule has 2 aromatic heterocycles. The number of carbonyl (C=O) groups excluding carboxylic acids is 2. The number of cyclic esters (lactones) is 1. The molecule has 15 heteroatoms. The normalized spacial score (nSPS) is 23.1. The van der Waals surface area contributed by atoms with Gasteiger partial charge < -0.3 is 19.9 Å². The zero-order valence-electron chi connectivity index (χ0n) is 29.5. The second-order valence-electron chi connectivity index (χ2n) is 13.7. The van der Waals surface area contributed by atoms with Crippen LogP contribution in [0.2, 0.25) is 5.82 Å². The van der Waals surface area contributed by atoms with Crippen molar-refractivity contribution in [3.05, 3.63) is 24.5 Å². The number of Topliss-reactive ketones (excluding diaryl/α,β-unsaturated/α-hetero) is 1. The second-order valence-corrected chi connectivity index (χ2v) is 13.7. The maximum Gasteiger partial charge on any atom is 0.410 e. The summed E-state index contributed by atoms with van der Waals surface area (Å²) in [7, 11) is 7.77.